The van der Waals surface area contributed by atoms with Gasteiger partial charge in [0, 0.05) is 12.7 Å². The summed E-state index contributed by atoms with van der Waals surface area (Å²) in [6.07, 6.45) is 0. The molecule has 2 aromatic rings. The zero-order valence-corrected chi connectivity index (χ0v) is 12.4. The number of methoxy groups -OCH3 is 1. The lowest BCUT2D eigenvalue weighted by molar-refractivity contribution is 0.0696. The van der Waals surface area contributed by atoms with Crippen molar-refractivity contribution in [1.82, 2.24) is 4.98 Å². The summed E-state index contributed by atoms with van der Waals surface area (Å²) in [5.41, 5.74) is 1.76. The third-order valence-electron chi connectivity index (χ3n) is 2.67. The molecule has 2 N–H and O–H groups in total. The first-order valence-electron chi connectivity index (χ1n) is 6.11. The summed E-state index contributed by atoms with van der Waals surface area (Å²) in [4.78, 5) is 27.4. The Hall–Kier alpha value is -2.25. The number of aromatic nitrogens is 1. The summed E-state index contributed by atoms with van der Waals surface area (Å²) < 4.78 is 4.91. The van der Waals surface area contributed by atoms with Crippen molar-refractivity contribution in [3.05, 3.63) is 46.0 Å². The van der Waals surface area contributed by atoms with Gasteiger partial charge in [-0.15, -0.1) is 0 Å². The maximum Gasteiger partial charge on any atom is 0.347 e. The number of aryl methyl sites for hydroxylation is 1. The Bertz CT molecular complexity index is 681. The van der Waals surface area contributed by atoms with Crippen LogP contribution in [0.25, 0.3) is 0 Å². The molecular weight excluding hydrogens is 292 g/mol. The molecule has 0 saturated heterocycles. The molecule has 1 aromatic carbocycles. The molecule has 0 atom stereocenters. The highest BCUT2D eigenvalue weighted by molar-refractivity contribution is 7.17. The minimum Gasteiger partial charge on any atom is -0.477 e. The lowest BCUT2D eigenvalue weighted by atomic mass is 10.1. The molecule has 1 aromatic heterocycles. The third-order valence-corrected chi connectivity index (χ3v) is 3.67. The fraction of sp³-hybridized carbons (Fsp3) is 0.214. The second-order valence-electron chi connectivity index (χ2n) is 4.36. The van der Waals surface area contributed by atoms with E-state index in [1.54, 1.807) is 18.2 Å². The molecule has 0 aliphatic rings. The van der Waals surface area contributed by atoms with E-state index in [0.29, 0.717) is 11.3 Å². The van der Waals surface area contributed by atoms with Gasteiger partial charge in [-0.1, -0.05) is 29.0 Å². The number of hydrogen-bond acceptors (Lipinski definition) is 5. The number of rotatable bonds is 5. The molecule has 1 heterocycles. The van der Waals surface area contributed by atoms with E-state index in [4.69, 9.17) is 9.84 Å². The van der Waals surface area contributed by atoms with Gasteiger partial charge in [-0.05, 0) is 19.1 Å². The van der Waals surface area contributed by atoms with Crippen molar-refractivity contribution in [3.8, 4) is 0 Å². The first-order valence-corrected chi connectivity index (χ1v) is 6.93. The largest absolute Gasteiger partial charge is 0.477 e. The van der Waals surface area contributed by atoms with Gasteiger partial charge in [-0.2, -0.15) is 0 Å². The summed E-state index contributed by atoms with van der Waals surface area (Å²) in [7, 11) is 1.45. The standard InChI is InChI=1S/C14H14N2O4S/c1-8-4-3-5-9(6-8)12(17)16-14-15-10(7-20-2)11(21-14)13(18)19/h3-6H,7H2,1-2H3,(H,18,19)(H,15,16,17). The average molecular weight is 306 g/mol. The van der Waals surface area contributed by atoms with Gasteiger partial charge in [0.25, 0.3) is 5.91 Å². The second-order valence-corrected chi connectivity index (χ2v) is 5.36. The van der Waals surface area contributed by atoms with E-state index in [1.807, 2.05) is 13.0 Å². The number of thiazole rings is 1. The van der Waals surface area contributed by atoms with Crippen LogP contribution in [0.15, 0.2) is 24.3 Å². The van der Waals surface area contributed by atoms with Crippen LogP contribution in [-0.4, -0.2) is 29.1 Å². The normalized spacial score (nSPS) is 10.4. The van der Waals surface area contributed by atoms with Gasteiger partial charge in [-0.25, -0.2) is 9.78 Å². The summed E-state index contributed by atoms with van der Waals surface area (Å²) in [6.45, 7) is 1.97. The zero-order chi connectivity index (χ0) is 15.4. The third kappa shape index (κ3) is 3.65. The zero-order valence-electron chi connectivity index (χ0n) is 11.5. The Morgan fingerprint density at radius 1 is 1.43 bits per heavy atom. The maximum absolute atomic E-state index is 12.1. The molecule has 0 aliphatic carbocycles. The molecule has 0 bridgehead atoms. The van der Waals surface area contributed by atoms with Gasteiger partial charge in [0.1, 0.15) is 4.88 Å². The van der Waals surface area contributed by atoms with E-state index in [2.05, 4.69) is 10.3 Å². The van der Waals surface area contributed by atoms with Crippen LogP contribution in [0, 0.1) is 6.92 Å². The summed E-state index contributed by atoms with van der Waals surface area (Å²) in [5, 5.41) is 11.9. The molecule has 6 nitrogen and oxygen atoms in total. The summed E-state index contributed by atoms with van der Waals surface area (Å²) in [5.74, 6) is -1.41. The van der Waals surface area contributed by atoms with Crippen LogP contribution in [0.2, 0.25) is 0 Å². The van der Waals surface area contributed by atoms with Crippen LogP contribution in [0.4, 0.5) is 5.13 Å². The fourth-order valence-electron chi connectivity index (χ4n) is 1.76. The quantitative estimate of drug-likeness (QED) is 0.886. The minimum absolute atomic E-state index is 0.0661. The van der Waals surface area contributed by atoms with Gasteiger partial charge in [0.05, 0.1) is 12.3 Å². The molecule has 7 heteroatoms. The van der Waals surface area contributed by atoms with Crippen LogP contribution in [0.5, 0.6) is 0 Å². The maximum atomic E-state index is 12.1. The van der Waals surface area contributed by atoms with Crippen molar-refractivity contribution in [2.45, 2.75) is 13.5 Å². The molecule has 1 amide bonds. The molecule has 21 heavy (non-hydrogen) atoms. The van der Waals surface area contributed by atoms with Crippen LogP contribution < -0.4 is 5.32 Å². The van der Waals surface area contributed by atoms with E-state index < -0.39 is 5.97 Å². The minimum atomic E-state index is -1.09. The summed E-state index contributed by atoms with van der Waals surface area (Å²) >= 11 is 0.912. The lowest BCUT2D eigenvalue weighted by Gasteiger charge is -2.02. The molecule has 0 aliphatic heterocycles. The molecule has 0 saturated carbocycles. The van der Waals surface area contributed by atoms with Crippen LogP contribution in [0.1, 0.15) is 31.3 Å². The second kappa shape index (κ2) is 6.47. The molecule has 0 spiro atoms. The number of nitrogens with zero attached hydrogens (tertiary/aromatic N) is 1. The van der Waals surface area contributed by atoms with E-state index in [1.165, 1.54) is 7.11 Å². The topological polar surface area (TPSA) is 88.5 Å². The van der Waals surface area contributed by atoms with E-state index in [-0.39, 0.29) is 22.5 Å². The first kappa shape index (κ1) is 15.1. The number of hydrogen-bond donors (Lipinski definition) is 2. The van der Waals surface area contributed by atoms with E-state index >= 15 is 0 Å². The number of aromatic carboxylic acids is 1. The number of nitrogens with one attached hydrogen (secondary N) is 1. The van der Waals surface area contributed by atoms with Crippen LogP contribution in [-0.2, 0) is 11.3 Å². The van der Waals surface area contributed by atoms with E-state index in [0.717, 1.165) is 16.9 Å². The predicted molar refractivity (Wildman–Crippen MR) is 78.9 cm³/mol. The molecule has 0 fully saturated rings. The molecule has 2 rings (SSSR count). The number of carboxylic acids is 1. The van der Waals surface area contributed by atoms with Crippen LogP contribution in [0.3, 0.4) is 0 Å². The Labute approximate surface area is 125 Å². The first-order chi connectivity index (χ1) is 10.0. The van der Waals surface area contributed by atoms with Crippen molar-refractivity contribution in [2.24, 2.45) is 0 Å². The van der Waals surface area contributed by atoms with Gasteiger partial charge in [0.15, 0.2) is 5.13 Å². The highest BCUT2D eigenvalue weighted by Gasteiger charge is 2.18. The van der Waals surface area contributed by atoms with Gasteiger partial charge >= 0.3 is 5.97 Å². The number of ether oxygens (including phenoxy) is 1. The highest BCUT2D eigenvalue weighted by atomic mass is 32.1. The van der Waals surface area contributed by atoms with E-state index in [9.17, 15) is 9.59 Å². The average Bonchev–Trinajstić information content (AvgIpc) is 2.82. The van der Waals surface area contributed by atoms with Crippen molar-refractivity contribution < 1.29 is 19.4 Å². The van der Waals surface area contributed by atoms with Gasteiger partial charge < -0.3 is 9.84 Å². The number of anilines is 1. The Kier molecular flexibility index (Phi) is 4.66. The lowest BCUT2D eigenvalue weighted by Crippen LogP contribution is -2.11. The molecule has 0 radical (unpaired) electrons. The number of carbonyl (C=O) groups excluding carboxylic acids is 1. The van der Waals surface area contributed by atoms with Crippen molar-refractivity contribution >= 4 is 28.3 Å². The predicted octanol–water partition coefficient (Wildman–Crippen LogP) is 2.55. The summed E-state index contributed by atoms with van der Waals surface area (Å²) in [6, 6.07) is 7.10. The highest BCUT2D eigenvalue weighted by Crippen LogP contribution is 2.24. The SMILES string of the molecule is COCc1nc(NC(=O)c2cccc(C)c2)sc1C(=O)O. The number of carbonyl (C=O) groups is 2. The number of amides is 1. The van der Waals surface area contributed by atoms with Gasteiger partial charge in [0.2, 0.25) is 0 Å². The van der Waals surface area contributed by atoms with Crippen molar-refractivity contribution in [3.63, 3.8) is 0 Å². The number of benzene rings is 1. The number of carboxylic acid groups (broad SMARTS) is 1. The molecular formula is C14H14N2O4S. The Morgan fingerprint density at radius 2 is 2.19 bits per heavy atom. The fourth-order valence-corrected chi connectivity index (χ4v) is 2.57. The Morgan fingerprint density at radius 3 is 2.81 bits per heavy atom. The van der Waals surface area contributed by atoms with Crippen LogP contribution >= 0.6 is 11.3 Å². The van der Waals surface area contributed by atoms with Crippen molar-refractivity contribution in [1.29, 1.82) is 0 Å². The molecule has 110 valence electrons. The Balaban J connectivity index is 2.21. The van der Waals surface area contributed by atoms with Gasteiger partial charge in [-0.3, -0.25) is 10.1 Å². The smallest absolute Gasteiger partial charge is 0.347 e. The molecule has 0 unspecified atom stereocenters. The van der Waals surface area contributed by atoms with Crippen molar-refractivity contribution in [2.75, 3.05) is 12.4 Å². The monoisotopic (exact) mass is 306 g/mol.